The summed E-state index contributed by atoms with van der Waals surface area (Å²) in [6, 6.07) is 16.2. The van der Waals surface area contributed by atoms with E-state index in [-0.39, 0.29) is 6.61 Å². The van der Waals surface area contributed by atoms with Gasteiger partial charge in [0.05, 0.1) is 6.61 Å². The molecule has 134 valence electrons. The van der Waals surface area contributed by atoms with Gasteiger partial charge in [-0.15, -0.1) is 0 Å². The van der Waals surface area contributed by atoms with Crippen LogP contribution in [-0.2, 0) is 13.0 Å². The van der Waals surface area contributed by atoms with Gasteiger partial charge in [0.25, 0.3) is 0 Å². The largest absolute Gasteiger partial charge is 0.492 e. The Balaban J connectivity index is 1.52. The maximum absolute atomic E-state index is 9.63. The van der Waals surface area contributed by atoms with Crippen molar-refractivity contribution < 1.29 is 14.9 Å². The summed E-state index contributed by atoms with van der Waals surface area (Å²) in [6.45, 7) is 2.89. The van der Waals surface area contributed by atoms with Crippen molar-refractivity contribution >= 4 is 5.69 Å². The van der Waals surface area contributed by atoms with E-state index in [2.05, 4.69) is 22.3 Å². The Morgan fingerprint density at radius 1 is 1.12 bits per heavy atom. The van der Waals surface area contributed by atoms with Crippen molar-refractivity contribution in [1.29, 1.82) is 0 Å². The van der Waals surface area contributed by atoms with E-state index in [4.69, 9.17) is 4.74 Å². The zero-order valence-corrected chi connectivity index (χ0v) is 14.4. The van der Waals surface area contributed by atoms with Gasteiger partial charge in [-0.1, -0.05) is 30.3 Å². The molecule has 5 nitrogen and oxygen atoms in total. The van der Waals surface area contributed by atoms with Crippen molar-refractivity contribution in [2.75, 3.05) is 31.6 Å². The number of anilines is 1. The third-order valence-corrected chi connectivity index (χ3v) is 4.43. The lowest BCUT2D eigenvalue weighted by molar-refractivity contribution is 0.163. The topological polar surface area (TPSA) is 65.0 Å². The molecular formula is C20H26N2O3. The summed E-state index contributed by atoms with van der Waals surface area (Å²) >= 11 is 0. The van der Waals surface area contributed by atoms with Crippen LogP contribution in [0, 0.1) is 0 Å². The summed E-state index contributed by atoms with van der Waals surface area (Å²) in [7, 11) is 0. The number of aliphatic hydroxyl groups excluding tert-OH is 2. The van der Waals surface area contributed by atoms with Crippen molar-refractivity contribution in [3.63, 3.8) is 0 Å². The summed E-state index contributed by atoms with van der Waals surface area (Å²) in [6.07, 6.45) is 1.12. The van der Waals surface area contributed by atoms with Crippen LogP contribution in [0.15, 0.2) is 48.5 Å². The summed E-state index contributed by atoms with van der Waals surface area (Å²) in [5, 5.41) is 22.0. The van der Waals surface area contributed by atoms with Gasteiger partial charge in [0, 0.05) is 25.3 Å². The standard InChI is InChI=1S/C20H26N2O3/c23-12-10-22(15-16-4-2-1-3-5-16)11-13-25-18-7-8-19-17(14-18)6-9-20(24)21-19/h1-5,7-8,14,20-21,23-24H,6,9-13,15H2. The minimum atomic E-state index is -0.454. The number of ether oxygens (including phenoxy) is 1. The minimum absolute atomic E-state index is 0.139. The number of rotatable bonds is 8. The van der Waals surface area contributed by atoms with Gasteiger partial charge in [-0.25, -0.2) is 0 Å². The molecule has 1 aliphatic heterocycles. The first-order valence-electron chi connectivity index (χ1n) is 8.82. The number of hydrogen-bond donors (Lipinski definition) is 3. The van der Waals surface area contributed by atoms with E-state index in [1.54, 1.807) is 0 Å². The first-order chi connectivity index (χ1) is 12.2. The molecule has 1 unspecified atom stereocenters. The maximum Gasteiger partial charge on any atom is 0.124 e. The van der Waals surface area contributed by atoms with Crippen LogP contribution in [0.1, 0.15) is 17.5 Å². The summed E-state index contributed by atoms with van der Waals surface area (Å²) < 4.78 is 5.90. The number of nitrogens with one attached hydrogen (secondary N) is 1. The second-order valence-electron chi connectivity index (χ2n) is 6.35. The lowest BCUT2D eigenvalue weighted by Crippen LogP contribution is -2.30. The number of fused-ring (bicyclic) bond motifs is 1. The van der Waals surface area contributed by atoms with E-state index >= 15 is 0 Å². The fraction of sp³-hybridized carbons (Fsp3) is 0.400. The van der Waals surface area contributed by atoms with E-state index in [0.29, 0.717) is 13.2 Å². The molecule has 1 atom stereocenters. The molecule has 2 aromatic carbocycles. The van der Waals surface area contributed by atoms with Gasteiger partial charge in [-0.05, 0) is 42.2 Å². The molecule has 5 heteroatoms. The molecule has 0 aromatic heterocycles. The molecule has 0 fully saturated rings. The number of benzene rings is 2. The molecular weight excluding hydrogens is 316 g/mol. The Hall–Kier alpha value is -2.08. The average Bonchev–Trinajstić information content (AvgIpc) is 2.63. The molecule has 3 rings (SSSR count). The first-order valence-corrected chi connectivity index (χ1v) is 8.82. The number of nitrogens with zero attached hydrogens (tertiary/aromatic N) is 1. The van der Waals surface area contributed by atoms with Crippen LogP contribution in [0.2, 0.25) is 0 Å². The Bertz CT molecular complexity index is 663. The highest BCUT2D eigenvalue weighted by Crippen LogP contribution is 2.27. The SMILES string of the molecule is OCCN(CCOc1ccc2c(c1)CCC(O)N2)Cc1ccccc1. The molecule has 0 saturated carbocycles. The number of aliphatic hydroxyl groups is 2. The Morgan fingerprint density at radius 2 is 1.96 bits per heavy atom. The molecule has 0 radical (unpaired) electrons. The van der Waals surface area contributed by atoms with Gasteiger partial charge in [0.2, 0.25) is 0 Å². The molecule has 3 N–H and O–H groups in total. The van der Waals surface area contributed by atoms with Crippen LogP contribution in [-0.4, -0.2) is 47.6 Å². The normalized spacial score (nSPS) is 16.4. The zero-order chi connectivity index (χ0) is 17.5. The predicted octanol–water partition coefficient (Wildman–Crippen LogP) is 2.24. The Labute approximate surface area is 148 Å². The van der Waals surface area contributed by atoms with E-state index in [1.165, 1.54) is 11.1 Å². The first kappa shape index (κ1) is 17.7. The van der Waals surface area contributed by atoms with E-state index in [0.717, 1.165) is 37.4 Å². The lowest BCUT2D eigenvalue weighted by Gasteiger charge is -2.24. The molecule has 0 saturated heterocycles. The minimum Gasteiger partial charge on any atom is -0.492 e. The number of hydrogen-bond acceptors (Lipinski definition) is 5. The molecule has 0 amide bonds. The van der Waals surface area contributed by atoms with Crippen LogP contribution in [0.5, 0.6) is 5.75 Å². The van der Waals surface area contributed by atoms with Crippen LogP contribution in [0.25, 0.3) is 0 Å². The van der Waals surface area contributed by atoms with E-state index in [9.17, 15) is 10.2 Å². The molecule has 25 heavy (non-hydrogen) atoms. The monoisotopic (exact) mass is 342 g/mol. The molecule has 0 aliphatic carbocycles. The molecule has 0 spiro atoms. The van der Waals surface area contributed by atoms with Crippen LogP contribution < -0.4 is 10.1 Å². The highest BCUT2D eigenvalue weighted by atomic mass is 16.5. The predicted molar refractivity (Wildman–Crippen MR) is 98.7 cm³/mol. The molecule has 2 aromatic rings. The molecule has 1 aliphatic rings. The maximum atomic E-state index is 9.63. The highest BCUT2D eigenvalue weighted by Gasteiger charge is 2.15. The van der Waals surface area contributed by atoms with Gasteiger partial charge in [0.15, 0.2) is 0 Å². The van der Waals surface area contributed by atoms with Crippen molar-refractivity contribution in [3.05, 3.63) is 59.7 Å². The molecule has 1 heterocycles. The van der Waals surface area contributed by atoms with Gasteiger partial charge >= 0.3 is 0 Å². The van der Waals surface area contributed by atoms with E-state index < -0.39 is 6.23 Å². The Kier molecular flexibility index (Phi) is 6.28. The van der Waals surface area contributed by atoms with Crippen molar-refractivity contribution in [3.8, 4) is 5.75 Å². The second-order valence-corrected chi connectivity index (χ2v) is 6.35. The van der Waals surface area contributed by atoms with Crippen LogP contribution >= 0.6 is 0 Å². The fourth-order valence-corrected chi connectivity index (χ4v) is 3.10. The third-order valence-electron chi connectivity index (χ3n) is 4.43. The highest BCUT2D eigenvalue weighted by molar-refractivity contribution is 5.56. The second kappa shape index (κ2) is 8.85. The van der Waals surface area contributed by atoms with Crippen LogP contribution in [0.4, 0.5) is 5.69 Å². The summed E-state index contributed by atoms with van der Waals surface area (Å²) in [5.74, 6) is 0.848. The van der Waals surface area contributed by atoms with Crippen molar-refractivity contribution in [1.82, 2.24) is 4.90 Å². The van der Waals surface area contributed by atoms with Gasteiger partial charge in [-0.3, -0.25) is 4.90 Å². The zero-order valence-electron chi connectivity index (χ0n) is 14.4. The van der Waals surface area contributed by atoms with Crippen LogP contribution in [0.3, 0.4) is 0 Å². The average molecular weight is 342 g/mol. The number of aryl methyl sites for hydroxylation is 1. The van der Waals surface area contributed by atoms with Gasteiger partial charge < -0.3 is 20.3 Å². The molecule has 0 bridgehead atoms. The quantitative estimate of drug-likeness (QED) is 0.687. The van der Waals surface area contributed by atoms with Crippen molar-refractivity contribution in [2.45, 2.75) is 25.6 Å². The fourth-order valence-electron chi connectivity index (χ4n) is 3.10. The van der Waals surface area contributed by atoms with Gasteiger partial charge in [-0.2, -0.15) is 0 Å². The lowest BCUT2D eigenvalue weighted by atomic mass is 10.0. The third kappa shape index (κ3) is 5.19. The summed E-state index contributed by atoms with van der Waals surface area (Å²) in [5.41, 5.74) is 3.39. The summed E-state index contributed by atoms with van der Waals surface area (Å²) in [4.78, 5) is 2.19. The smallest absolute Gasteiger partial charge is 0.124 e. The van der Waals surface area contributed by atoms with Gasteiger partial charge in [0.1, 0.15) is 18.6 Å². The Morgan fingerprint density at radius 3 is 2.76 bits per heavy atom. The van der Waals surface area contributed by atoms with Crippen molar-refractivity contribution in [2.24, 2.45) is 0 Å². The van der Waals surface area contributed by atoms with E-state index in [1.807, 2.05) is 36.4 Å².